The quantitative estimate of drug-likeness (QED) is 0.512. The molecule has 0 amide bonds. The van der Waals surface area contributed by atoms with Crippen LogP contribution in [0.15, 0.2) is 53.7 Å². The second-order valence-electron chi connectivity index (χ2n) is 5.59. The van der Waals surface area contributed by atoms with Crippen LogP contribution in [0.3, 0.4) is 0 Å². The number of benzene rings is 2. The molecule has 2 heterocycles. The molecule has 0 aliphatic rings. The molecule has 9 heteroatoms. The highest BCUT2D eigenvalue weighted by molar-refractivity contribution is 7.89. The summed E-state index contributed by atoms with van der Waals surface area (Å²) in [5, 5.41) is 4.47. The van der Waals surface area contributed by atoms with Gasteiger partial charge in [0.25, 0.3) is 0 Å². The van der Waals surface area contributed by atoms with Gasteiger partial charge in [0.05, 0.1) is 16.0 Å². The number of nitrogens with zero attached hydrogens (tertiary/aromatic N) is 2. The van der Waals surface area contributed by atoms with E-state index in [0.717, 1.165) is 17.0 Å². The number of aromatic nitrogens is 3. The van der Waals surface area contributed by atoms with Crippen molar-refractivity contribution < 1.29 is 12.8 Å². The van der Waals surface area contributed by atoms with Gasteiger partial charge < -0.3 is 10.3 Å². The molecule has 2 aromatic heterocycles. The lowest BCUT2D eigenvalue weighted by molar-refractivity contribution is 0.587. The van der Waals surface area contributed by atoms with Crippen molar-refractivity contribution >= 4 is 43.5 Å². The first-order valence-electron chi connectivity index (χ1n) is 7.71. The Morgan fingerprint density at radius 1 is 1.12 bits per heavy atom. The van der Waals surface area contributed by atoms with Crippen LogP contribution in [0.1, 0.15) is 0 Å². The fourth-order valence-corrected chi connectivity index (χ4v) is 3.54. The average Bonchev–Trinajstić information content (AvgIpc) is 3.03. The number of fused-ring (bicyclic) bond motifs is 3. The summed E-state index contributed by atoms with van der Waals surface area (Å²) in [5.41, 5.74) is 1.48. The molecule has 0 spiro atoms. The van der Waals surface area contributed by atoms with Crippen molar-refractivity contribution in [3.63, 3.8) is 0 Å². The molecular weight excluding hydrogens is 357 g/mol. The van der Waals surface area contributed by atoms with Gasteiger partial charge in [-0.1, -0.05) is 18.2 Å². The Labute approximate surface area is 148 Å². The van der Waals surface area contributed by atoms with Crippen LogP contribution in [0.5, 0.6) is 0 Å². The smallest absolute Gasteiger partial charge is 0.240 e. The van der Waals surface area contributed by atoms with E-state index in [1.807, 2.05) is 24.3 Å². The largest absolute Gasteiger partial charge is 0.339 e. The van der Waals surface area contributed by atoms with Gasteiger partial charge in [0.15, 0.2) is 0 Å². The molecular formula is C17H14FN5O2S. The number of rotatable bonds is 4. The molecule has 0 saturated carbocycles. The minimum Gasteiger partial charge on any atom is -0.339 e. The predicted octanol–water partition coefficient (Wildman–Crippen LogP) is 2.90. The molecule has 0 saturated heterocycles. The maximum absolute atomic E-state index is 14.3. The van der Waals surface area contributed by atoms with Gasteiger partial charge in [0.1, 0.15) is 23.6 Å². The molecule has 7 nitrogen and oxygen atoms in total. The molecule has 0 fully saturated rings. The lowest BCUT2D eigenvalue weighted by Crippen LogP contribution is -2.18. The summed E-state index contributed by atoms with van der Waals surface area (Å²) in [7, 11) is -2.39. The monoisotopic (exact) mass is 371 g/mol. The Morgan fingerprint density at radius 3 is 2.73 bits per heavy atom. The highest BCUT2D eigenvalue weighted by Gasteiger charge is 2.16. The summed E-state index contributed by atoms with van der Waals surface area (Å²) in [6, 6.07) is 11.1. The number of hydrogen-bond acceptors (Lipinski definition) is 5. The SMILES string of the molecule is CNS(=O)(=O)c1ccc(F)c(Nc2ncnc3[nH]c4ccccc4c23)c1. The number of H-pyrrole nitrogens is 1. The van der Waals surface area contributed by atoms with Crippen LogP contribution in [0.25, 0.3) is 21.9 Å². The molecule has 0 unspecified atom stereocenters. The van der Waals surface area contributed by atoms with Gasteiger partial charge in [-0.25, -0.2) is 27.5 Å². The standard InChI is InChI=1S/C17H14FN5O2S/c1-19-26(24,25)10-6-7-12(18)14(8-10)23-17-15-11-4-2-3-5-13(11)22-16(15)20-9-21-17/h2-9,19H,1H3,(H2,20,21,22,23). The second-order valence-corrected chi connectivity index (χ2v) is 7.48. The van der Waals surface area contributed by atoms with Gasteiger partial charge >= 0.3 is 0 Å². The lowest BCUT2D eigenvalue weighted by Gasteiger charge is -2.10. The third-order valence-electron chi connectivity index (χ3n) is 4.07. The van der Waals surface area contributed by atoms with E-state index >= 15 is 0 Å². The van der Waals surface area contributed by atoms with E-state index in [0.29, 0.717) is 16.9 Å². The molecule has 26 heavy (non-hydrogen) atoms. The molecule has 4 rings (SSSR count). The van der Waals surface area contributed by atoms with Crippen molar-refractivity contribution in [1.82, 2.24) is 19.7 Å². The summed E-state index contributed by atoms with van der Waals surface area (Å²) in [5.74, 6) is -0.211. The first kappa shape index (κ1) is 16.4. The zero-order valence-electron chi connectivity index (χ0n) is 13.6. The molecule has 0 radical (unpaired) electrons. The first-order chi connectivity index (χ1) is 12.5. The molecule has 4 aromatic rings. The average molecular weight is 371 g/mol. The highest BCUT2D eigenvalue weighted by Crippen LogP contribution is 2.31. The van der Waals surface area contributed by atoms with Gasteiger partial charge in [-0.05, 0) is 31.3 Å². The number of aromatic amines is 1. The van der Waals surface area contributed by atoms with Crippen LogP contribution in [-0.2, 0) is 10.0 Å². The van der Waals surface area contributed by atoms with Crippen molar-refractivity contribution in [2.24, 2.45) is 0 Å². The summed E-state index contributed by atoms with van der Waals surface area (Å²) in [6.45, 7) is 0. The molecule has 132 valence electrons. The Hall–Kier alpha value is -3.04. The number of para-hydroxylation sites is 1. The van der Waals surface area contributed by atoms with Crippen molar-refractivity contribution in [2.75, 3.05) is 12.4 Å². The number of hydrogen-bond donors (Lipinski definition) is 3. The van der Waals surface area contributed by atoms with Crippen LogP contribution in [0.2, 0.25) is 0 Å². The fourth-order valence-electron chi connectivity index (χ4n) is 2.78. The summed E-state index contributed by atoms with van der Waals surface area (Å²) in [6.07, 6.45) is 1.35. The Kier molecular flexibility index (Phi) is 3.82. The van der Waals surface area contributed by atoms with Gasteiger partial charge in [-0.2, -0.15) is 0 Å². The lowest BCUT2D eigenvalue weighted by atomic mass is 10.2. The van der Waals surface area contributed by atoms with Crippen LogP contribution < -0.4 is 10.0 Å². The van der Waals surface area contributed by atoms with Crippen molar-refractivity contribution in [3.05, 3.63) is 54.6 Å². The van der Waals surface area contributed by atoms with Crippen molar-refractivity contribution in [3.8, 4) is 0 Å². The maximum atomic E-state index is 14.3. The van der Waals surface area contributed by atoms with E-state index in [1.54, 1.807) is 0 Å². The van der Waals surface area contributed by atoms with E-state index in [-0.39, 0.29) is 10.6 Å². The summed E-state index contributed by atoms with van der Waals surface area (Å²) in [4.78, 5) is 11.5. The normalized spacial score (nSPS) is 11.9. The van der Waals surface area contributed by atoms with Crippen molar-refractivity contribution in [1.29, 1.82) is 0 Å². The number of anilines is 2. The minimum absolute atomic E-state index is 0.00612. The van der Waals surface area contributed by atoms with E-state index in [1.165, 1.54) is 25.5 Å². The Balaban J connectivity index is 1.87. The second kappa shape index (κ2) is 6.04. The zero-order chi connectivity index (χ0) is 18.3. The molecule has 0 aliphatic heterocycles. The van der Waals surface area contributed by atoms with Gasteiger partial charge in [0.2, 0.25) is 10.0 Å². The fraction of sp³-hybridized carbons (Fsp3) is 0.0588. The van der Waals surface area contributed by atoms with E-state index < -0.39 is 15.8 Å². The topological polar surface area (TPSA) is 99.8 Å². The van der Waals surface area contributed by atoms with E-state index in [9.17, 15) is 12.8 Å². The van der Waals surface area contributed by atoms with Gasteiger partial charge in [-0.15, -0.1) is 0 Å². The molecule has 0 atom stereocenters. The van der Waals surface area contributed by atoms with Crippen LogP contribution in [0.4, 0.5) is 15.9 Å². The Bertz CT molecular complexity index is 1240. The van der Waals surface area contributed by atoms with Gasteiger partial charge in [-0.3, -0.25) is 0 Å². The molecule has 0 aliphatic carbocycles. The number of nitrogens with one attached hydrogen (secondary N) is 3. The maximum Gasteiger partial charge on any atom is 0.240 e. The first-order valence-corrected chi connectivity index (χ1v) is 9.19. The molecule has 0 bridgehead atoms. The number of sulfonamides is 1. The van der Waals surface area contributed by atoms with E-state index in [2.05, 4.69) is 25.0 Å². The van der Waals surface area contributed by atoms with Gasteiger partial charge in [0, 0.05) is 10.9 Å². The zero-order valence-corrected chi connectivity index (χ0v) is 14.4. The van der Waals surface area contributed by atoms with E-state index in [4.69, 9.17) is 0 Å². The van der Waals surface area contributed by atoms with Crippen molar-refractivity contribution in [2.45, 2.75) is 4.90 Å². The van der Waals surface area contributed by atoms with Crippen LogP contribution >= 0.6 is 0 Å². The third kappa shape index (κ3) is 2.67. The predicted molar refractivity (Wildman–Crippen MR) is 97.3 cm³/mol. The third-order valence-corrected chi connectivity index (χ3v) is 5.48. The summed E-state index contributed by atoms with van der Waals surface area (Å²) < 4.78 is 40.4. The van der Waals surface area contributed by atoms with Crippen LogP contribution in [-0.4, -0.2) is 30.4 Å². The number of halogens is 1. The molecule has 3 N–H and O–H groups in total. The minimum atomic E-state index is -3.69. The summed E-state index contributed by atoms with van der Waals surface area (Å²) >= 11 is 0. The Morgan fingerprint density at radius 2 is 1.92 bits per heavy atom. The highest BCUT2D eigenvalue weighted by atomic mass is 32.2. The molecule has 2 aromatic carbocycles. The van der Waals surface area contributed by atoms with Crippen LogP contribution in [0, 0.1) is 5.82 Å².